The lowest BCUT2D eigenvalue weighted by Gasteiger charge is -2.31. The van der Waals surface area contributed by atoms with E-state index in [9.17, 15) is 4.79 Å². The standard InChI is InChI=1S/C22H27N3O3/c1-25(17-6-4-3-5-7-17)11-10-23-21(26)20-14-16-12-15-13-18(27-2)8-9-19(15)24-22(16)28-20/h8-9,12-14,17H,3-7,10-11H2,1-2H3,(H,23,26). The fourth-order valence-corrected chi connectivity index (χ4v) is 3.99. The Kier molecular flexibility index (Phi) is 5.48. The molecule has 1 aliphatic carbocycles. The van der Waals surface area contributed by atoms with Crippen molar-refractivity contribution >= 4 is 27.9 Å². The minimum atomic E-state index is -0.198. The number of methoxy groups -OCH3 is 1. The van der Waals surface area contributed by atoms with Crippen LogP contribution in [0.15, 0.2) is 34.7 Å². The molecule has 6 nitrogen and oxygen atoms in total. The van der Waals surface area contributed by atoms with Gasteiger partial charge in [-0.15, -0.1) is 0 Å². The number of hydrogen-bond donors (Lipinski definition) is 1. The number of nitrogens with one attached hydrogen (secondary N) is 1. The van der Waals surface area contributed by atoms with Crippen LogP contribution in [0, 0.1) is 0 Å². The van der Waals surface area contributed by atoms with Crippen LogP contribution >= 0.6 is 0 Å². The molecule has 0 radical (unpaired) electrons. The quantitative estimate of drug-likeness (QED) is 0.699. The van der Waals surface area contributed by atoms with Gasteiger partial charge in [-0.3, -0.25) is 4.79 Å². The van der Waals surface area contributed by atoms with Gasteiger partial charge < -0.3 is 19.4 Å². The van der Waals surface area contributed by atoms with Crippen LogP contribution in [0.5, 0.6) is 5.75 Å². The summed E-state index contributed by atoms with van der Waals surface area (Å²) in [6.07, 6.45) is 6.50. The van der Waals surface area contributed by atoms with Gasteiger partial charge in [-0.2, -0.15) is 0 Å². The third-order valence-electron chi connectivity index (χ3n) is 5.68. The molecular formula is C22H27N3O3. The van der Waals surface area contributed by atoms with E-state index in [4.69, 9.17) is 9.15 Å². The zero-order valence-electron chi connectivity index (χ0n) is 16.5. The van der Waals surface area contributed by atoms with E-state index in [1.165, 1.54) is 32.1 Å². The van der Waals surface area contributed by atoms with Gasteiger partial charge in [0.15, 0.2) is 5.76 Å². The molecule has 1 saturated carbocycles. The minimum Gasteiger partial charge on any atom is -0.497 e. The highest BCUT2D eigenvalue weighted by atomic mass is 16.5. The molecule has 0 bridgehead atoms. The Morgan fingerprint density at radius 3 is 2.82 bits per heavy atom. The molecule has 0 saturated heterocycles. The van der Waals surface area contributed by atoms with Gasteiger partial charge >= 0.3 is 0 Å². The number of carbonyl (C=O) groups is 1. The molecule has 6 heteroatoms. The molecule has 1 N–H and O–H groups in total. The number of pyridine rings is 1. The van der Waals surface area contributed by atoms with Gasteiger partial charge in [0.2, 0.25) is 5.71 Å². The van der Waals surface area contributed by atoms with Crippen molar-refractivity contribution in [2.45, 2.75) is 38.1 Å². The summed E-state index contributed by atoms with van der Waals surface area (Å²) in [4.78, 5) is 19.4. The van der Waals surface area contributed by atoms with E-state index >= 15 is 0 Å². The highest BCUT2D eigenvalue weighted by Crippen LogP contribution is 2.26. The molecular weight excluding hydrogens is 354 g/mol. The number of benzene rings is 1. The van der Waals surface area contributed by atoms with Crippen LogP contribution in [0.1, 0.15) is 42.7 Å². The third-order valence-corrected chi connectivity index (χ3v) is 5.68. The Bertz CT molecular complexity index is 976. The average Bonchev–Trinajstić information content (AvgIpc) is 3.15. The van der Waals surface area contributed by atoms with E-state index in [1.54, 1.807) is 13.2 Å². The molecule has 28 heavy (non-hydrogen) atoms. The molecule has 3 aromatic rings. The lowest BCUT2D eigenvalue weighted by atomic mass is 9.94. The molecule has 0 unspecified atom stereocenters. The van der Waals surface area contributed by atoms with Crippen LogP contribution in [0.2, 0.25) is 0 Å². The molecule has 1 aromatic carbocycles. The first kappa shape index (κ1) is 18.7. The summed E-state index contributed by atoms with van der Waals surface area (Å²) in [6.45, 7) is 1.45. The van der Waals surface area contributed by atoms with E-state index in [0.717, 1.165) is 28.6 Å². The second-order valence-corrected chi connectivity index (χ2v) is 7.58. The largest absolute Gasteiger partial charge is 0.497 e. The summed E-state index contributed by atoms with van der Waals surface area (Å²) >= 11 is 0. The maximum Gasteiger partial charge on any atom is 0.287 e. The minimum absolute atomic E-state index is 0.198. The third kappa shape index (κ3) is 3.97. The van der Waals surface area contributed by atoms with Gasteiger partial charge in [0.05, 0.1) is 12.6 Å². The zero-order valence-corrected chi connectivity index (χ0v) is 16.5. The van der Waals surface area contributed by atoms with Crippen molar-refractivity contribution in [1.82, 2.24) is 15.2 Å². The van der Waals surface area contributed by atoms with Gasteiger partial charge in [-0.25, -0.2) is 4.98 Å². The fraction of sp³-hybridized carbons (Fsp3) is 0.455. The lowest BCUT2D eigenvalue weighted by molar-refractivity contribution is 0.0919. The zero-order chi connectivity index (χ0) is 19.5. The summed E-state index contributed by atoms with van der Waals surface area (Å²) < 4.78 is 11.0. The second kappa shape index (κ2) is 8.19. The second-order valence-electron chi connectivity index (χ2n) is 7.58. The molecule has 2 heterocycles. The van der Waals surface area contributed by atoms with E-state index in [2.05, 4.69) is 22.2 Å². The van der Waals surface area contributed by atoms with Crippen molar-refractivity contribution in [1.29, 1.82) is 0 Å². The molecule has 148 valence electrons. The van der Waals surface area contributed by atoms with Gasteiger partial charge in [0.1, 0.15) is 5.75 Å². The Hall–Kier alpha value is -2.60. The first-order chi connectivity index (χ1) is 13.6. The molecule has 0 atom stereocenters. The number of furan rings is 1. The van der Waals surface area contributed by atoms with Crippen molar-refractivity contribution in [3.8, 4) is 5.75 Å². The Balaban J connectivity index is 1.41. The summed E-state index contributed by atoms with van der Waals surface area (Å²) in [5.41, 5.74) is 1.28. The van der Waals surface area contributed by atoms with Crippen molar-refractivity contribution in [2.24, 2.45) is 0 Å². The molecule has 1 amide bonds. The normalized spacial score (nSPS) is 15.4. The van der Waals surface area contributed by atoms with Crippen molar-refractivity contribution in [2.75, 3.05) is 27.2 Å². The number of ether oxygens (including phenoxy) is 1. The lowest BCUT2D eigenvalue weighted by Crippen LogP contribution is -2.39. The number of rotatable bonds is 6. The number of amides is 1. The van der Waals surface area contributed by atoms with E-state index in [0.29, 0.717) is 24.1 Å². The molecule has 2 aromatic heterocycles. The average molecular weight is 381 g/mol. The van der Waals surface area contributed by atoms with Crippen molar-refractivity contribution < 1.29 is 13.9 Å². The Labute approximate surface area is 164 Å². The van der Waals surface area contributed by atoms with Gasteiger partial charge in [-0.05, 0) is 50.2 Å². The Morgan fingerprint density at radius 1 is 1.21 bits per heavy atom. The number of likely N-dealkylation sites (N-methyl/N-ethyl adjacent to an activating group) is 1. The van der Waals surface area contributed by atoms with Crippen LogP contribution in [0.4, 0.5) is 0 Å². The van der Waals surface area contributed by atoms with Crippen LogP contribution in [0.3, 0.4) is 0 Å². The van der Waals surface area contributed by atoms with Gasteiger partial charge in [0, 0.05) is 29.9 Å². The molecule has 1 fully saturated rings. The SMILES string of the molecule is COc1ccc2nc3oc(C(=O)NCCN(C)C4CCCCC4)cc3cc2c1. The molecule has 4 rings (SSSR count). The maximum atomic E-state index is 12.5. The van der Waals surface area contributed by atoms with Crippen molar-refractivity contribution in [3.05, 3.63) is 36.1 Å². The van der Waals surface area contributed by atoms with Crippen molar-refractivity contribution in [3.63, 3.8) is 0 Å². The monoisotopic (exact) mass is 381 g/mol. The smallest absolute Gasteiger partial charge is 0.287 e. The fourth-order valence-electron chi connectivity index (χ4n) is 3.99. The number of fused-ring (bicyclic) bond motifs is 2. The molecule has 0 spiro atoms. The predicted octanol–water partition coefficient (Wildman–Crippen LogP) is 3.98. The van der Waals surface area contributed by atoms with Crippen LogP contribution in [0.25, 0.3) is 22.0 Å². The van der Waals surface area contributed by atoms with E-state index in [1.807, 2.05) is 24.3 Å². The predicted molar refractivity (Wildman–Crippen MR) is 110 cm³/mol. The first-order valence-electron chi connectivity index (χ1n) is 10.0. The topological polar surface area (TPSA) is 67.6 Å². The van der Waals surface area contributed by atoms with E-state index < -0.39 is 0 Å². The Morgan fingerprint density at radius 2 is 2.04 bits per heavy atom. The number of aromatic nitrogens is 1. The highest BCUT2D eigenvalue weighted by molar-refractivity contribution is 5.98. The maximum absolute atomic E-state index is 12.5. The van der Waals surface area contributed by atoms with Crippen LogP contribution < -0.4 is 10.1 Å². The summed E-state index contributed by atoms with van der Waals surface area (Å²) in [5.74, 6) is 0.874. The van der Waals surface area contributed by atoms with Crippen LogP contribution in [-0.4, -0.2) is 49.1 Å². The number of hydrogen-bond acceptors (Lipinski definition) is 5. The number of nitrogens with zero attached hydrogens (tertiary/aromatic N) is 2. The van der Waals surface area contributed by atoms with Gasteiger partial charge in [-0.1, -0.05) is 19.3 Å². The summed E-state index contributed by atoms with van der Waals surface area (Å²) in [6, 6.07) is 10.0. The summed E-state index contributed by atoms with van der Waals surface area (Å²) in [5, 5.41) is 4.73. The summed E-state index contributed by atoms with van der Waals surface area (Å²) in [7, 11) is 3.78. The molecule has 0 aliphatic heterocycles. The van der Waals surface area contributed by atoms with E-state index in [-0.39, 0.29) is 5.91 Å². The molecule has 1 aliphatic rings. The van der Waals surface area contributed by atoms with Gasteiger partial charge in [0.25, 0.3) is 5.91 Å². The first-order valence-corrected chi connectivity index (χ1v) is 10.0. The van der Waals surface area contributed by atoms with Crippen LogP contribution in [-0.2, 0) is 0 Å². The highest BCUT2D eigenvalue weighted by Gasteiger charge is 2.18. The number of carbonyl (C=O) groups excluding carboxylic acids is 1.